The fraction of sp³-hybridized carbons (Fsp3) is 0.0345. The van der Waals surface area contributed by atoms with Gasteiger partial charge in [-0.3, -0.25) is 4.79 Å². The molecule has 0 aliphatic carbocycles. The van der Waals surface area contributed by atoms with Crippen LogP contribution in [0.25, 0.3) is 32.0 Å². The molecule has 0 saturated heterocycles. The van der Waals surface area contributed by atoms with Gasteiger partial charge in [0.2, 0.25) is 5.13 Å². The van der Waals surface area contributed by atoms with Gasteiger partial charge in [0.1, 0.15) is 16.9 Å². The summed E-state index contributed by atoms with van der Waals surface area (Å²) in [5, 5.41) is 8.45. The molecular weight excluding hydrogens is 566 g/mol. The van der Waals surface area contributed by atoms with Crippen LogP contribution in [0, 0.1) is 0 Å². The maximum atomic E-state index is 13.9. The number of hydrazone groups is 1. The van der Waals surface area contributed by atoms with Crippen LogP contribution in [-0.2, 0) is 0 Å². The molecule has 0 spiro atoms. The number of anilines is 1. The number of hydrogen-bond donors (Lipinski definition) is 0. The van der Waals surface area contributed by atoms with E-state index in [1.807, 2.05) is 60.7 Å². The lowest BCUT2D eigenvalue weighted by Gasteiger charge is -2.14. The highest BCUT2D eigenvalue weighted by atomic mass is 79.9. The third-order valence-electron chi connectivity index (χ3n) is 6.02. The highest BCUT2D eigenvalue weighted by Crippen LogP contribution is 2.32. The Hall–Kier alpha value is -4.34. The van der Waals surface area contributed by atoms with E-state index in [4.69, 9.17) is 9.15 Å². The standard InChI is InChI=1S/C29H18BrN3O4S/c1-36-20-10-6-17(7-11-20)16-31-33(29-32-24-12-9-19(30)14-26(24)38-29)27(34)23-15-22-21-5-3-2-4-18(21)8-13-25(22)37-28(23)35/h2-16H,1H3/b31-16+. The van der Waals surface area contributed by atoms with Crippen molar-refractivity contribution in [1.82, 2.24) is 4.98 Å². The molecule has 2 aromatic heterocycles. The molecule has 0 atom stereocenters. The minimum absolute atomic E-state index is 0.138. The molecule has 0 saturated carbocycles. The molecule has 0 bridgehead atoms. The number of carbonyl (C=O) groups is 1. The number of rotatable bonds is 5. The van der Waals surface area contributed by atoms with Crippen LogP contribution in [0.2, 0.25) is 0 Å². The van der Waals surface area contributed by atoms with E-state index in [2.05, 4.69) is 26.0 Å². The quantitative estimate of drug-likeness (QED) is 0.0943. The van der Waals surface area contributed by atoms with Crippen molar-refractivity contribution < 1.29 is 13.9 Å². The van der Waals surface area contributed by atoms with Gasteiger partial charge in [0.15, 0.2) is 0 Å². The normalized spacial score (nSPS) is 11.5. The van der Waals surface area contributed by atoms with Gasteiger partial charge in [-0.25, -0.2) is 9.78 Å². The number of amides is 1. The summed E-state index contributed by atoms with van der Waals surface area (Å²) in [4.78, 5) is 31.5. The smallest absolute Gasteiger partial charge is 0.349 e. The second kappa shape index (κ2) is 9.85. The van der Waals surface area contributed by atoms with E-state index in [0.29, 0.717) is 27.4 Å². The van der Waals surface area contributed by atoms with Crippen molar-refractivity contribution in [3.05, 3.63) is 111 Å². The highest BCUT2D eigenvalue weighted by molar-refractivity contribution is 9.10. The van der Waals surface area contributed by atoms with Gasteiger partial charge in [0.05, 0.1) is 23.5 Å². The fourth-order valence-corrected chi connectivity index (χ4v) is 5.59. The SMILES string of the molecule is COc1ccc(/C=N/N(C(=O)c2cc3c(ccc4ccccc43)oc2=O)c2nc3ccc(Br)cc3s2)cc1. The van der Waals surface area contributed by atoms with Crippen molar-refractivity contribution in [3.63, 3.8) is 0 Å². The Morgan fingerprint density at radius 3 is 2.66 bits per heavy atom. The number of halogens is 1. The van der Waals surface area contributed by atoms with Gasteiger partial charge in [-0.15, -0.1) is 0 Å². The van der Waals surface area contributed by atoms with Gasteiger partial charge < -0.3 is 9.15 Å². The van der Waals surface area contributed by atoms with Crippen molar-refractivity contribution in [1.29, 1.82) is 0 Å². The number of hydrogen-bond acceptors (Lipinski definition) is 7. The monoisotopic (exact) mass is 583 g/mol. The van der Waals surface area contributed by atoms with E-state index in [1.54, 1.807) is 31.4 Å². The van der Waals surface area contributed by atoms with Crippen LogP contribution in [0.4, 0.5) is 5.13 Å². The summed E-state index contributed by atoms with van der Waals surface area (Å²) in [5.41, 5.74) is 0.974. The van der Waals surface area contributed by atoms with Crippen molar-refractivity contribution in [2.75, 3.05) is 12.1 Å². The van der Waals surface area contributed by atoms with Crippen molar-refractivity contribution in [2.45, 2.75) is 0 Å². The number of nitrogens with zero attached hydrogens (tertiary/aromatic N) is 3. The van der Waals surface area contributed by atoms with Gasteiger partial charge in [0.25, 0.3) is 5.91 Å². The van der Waals surface area contributed by atoms with Gasteiger partial charge in [-0.05, 0) is 70.9 Å². The van der Waals surface area contributed by atoms with Gasteiger partial charge in [-0.2, -0.15) is 10.1 Å². The minimum atomic E-state index is -0.744. The molecule has 1 amide bonds. The molecular formula is C29H18BrN3O4S. The zero-order valence-electron chi connectivity index (χ0n) is 19.9. The topological polar surface area (TPSA) is 85.0 Å². The Balaban J connectivity index is 1.49. The Bertz CT molecular complexity index is 1930. The van der Waals surface area contributed by atoms with Crippen molar-refractivity contribution in [3.8, 4) is 5.75 Å². The average Bonchev–Trinajstić information content (AvgIpc) is 3.35. The molecule has 0 N–H and O–H groups in total. The molecule has 38 heavy (non-hydrogen) atoms. The number of thiazole rings is 1. The predicted octanol–water partition coefficient (Wildman–Crippen LogP) is 7.01. The van der Waals surface area contributed by atoms with E-state index in [9.17, 15) is 9.59 Å². The predicted molar refractivity (Wildman–Crippen MR) is 155 cm³/mol. The number of aromatic nitrogens is 1. The molecule has 0 radical (unpaired) electrons. The summed E-state index contributed by atoms with van der Waals surface area (Å²) in [6.07, 6.45) is 1.54. The van der Waals surface area contributed by atoms with E-state index in [1.165, 1.54) is 17.6 Å². The summed E-state index contributed by atoms with van der Waals surface area (Å²) in [6.45, 7) is 0. The summed E-state index contributed by atoms with van der Waals surface area (Å²) in [5.74, 6) is 0.0595. The van der Waals surface area contributed by atoms with E-state index in [0.717, 1.165) is 30.5 Å². The molecule has 7 nitrogen and oxygen atoms in total. The summed E-state index contributed by atoms with van der Waals surface area (Å²) in [7, 11) is 1.59. The Kier molecular flexibility index (Phi) is 6.22. The second-order valence-electron chi connectivity index (χ2n) is 8.39. The van der Waals surface area contributed by atoms with Gasteiger partial charge in [-0.1, -0.05) is 57.6 Å². The third-order valence-corrected chi connectivity index (χ3v) is 7.51. The van der Waals surface area contributed by atoms with Crippen LogP contribution in [0.15, 0.2) is 104 Å². The maximum Gasteiger partial charge on any atom is 0.349 e. The Labute approximate surface area is 228 Å². The summed E-state index contributed by atoms with van der Waals surface area (Å²) >= 11 is 4.77. The largest absolute Gasteiger partial charge is 0.497 e. The molecule has 0 fully saturated rings. The fourth-order valence-electron chi connectivity index (χ4n) is 4.11. The lowest BCUT2D eigenvalue weighted by Crippen LogP contribution is -2.30. The number of methoxy groups -OCH3 is 1. The molecule has 9 heteroatoms. The lowest BCUT2D eigenvalue weighted by molar-refractivity contribution is 0.0984. The molecule has 2 heterocycles. The molecule has 0 aliphatic rings. The molecule has 186 valence electrons. The maximum absolute atomic E-state index is 13.9. The van der Waals surface area contributed by atoms with E-state index < -0.39 is 11.5 Å². The highest BCUT2D eigenvalue weighted by Gasteiger charge is 2.25. The molecule has 0 unspecified atom stereocenters. The van der Waals surface area contributed by atoms with Gasteiger partial charge >= 0.3 is 5.63 Å². The second-order valence-corrected chi connectivity index (χ2v) is 10.3. The summed E-state index contributed by atoms with van der Waals surface area (Å²) in [6, 6.07) is 25.8. The molecule has 6 aromatic rings. The first-order valence-electron chi connectivity index (χ1n) is 11.5. The van der Waals surface area contributed by atoms with E-state index >= 15 is 0 Å². The molecule has 6 rings (SSSR count). The van der Waals surface area contributed by atoms with Crippen LogP contribution < -0.4 is 15.4 Å². The van der Waals surface area contributed by atoms with Crippen LogP contribution >= 0.6 is 27.3 Å². The summed E-state index contributed by atoms with van der Waals surface area (Å²) < 4.78 is 12.5. The van der Waals surface area contributed by atoms with Crippen molar-refractivity contribution >= 4 is 76.5 Å². The van der Waals surface area contributed by atoms with Crippen LogP contribution in [0.5, 0.6) is 5.75 Å². The zero-order chi connectivity index (χ0) is 26.2. The first-order valence-corrected chi connectivity index (χ1v) is 13.2. The number of ether oxygens (including phenoxy) is 1. The van der Waals surface area contributed by atoms with Crippen LogP contribution in [-0.4, -0.2) is 24.2 Å². The Morgan fingerprint density at radius 1 is 1.03 bits per heavy atom. The van der Waals surface area contributed by atoms with Gasteiger partial charge in [0, 0.05) is 9.86 Å². The molecule has 4 aromatic carbocycles. The minimum Gasteiger partial charge on any atom is -0.497 e. The number of benzene rings is 4. The average molecular weight is 584 g/mol. The van der Waals surface area contributed by atoms with E-state index in [-0.39, 0.29) is 5.56 Å². The zero-order valence-corrected chi connectivity index (χ0v) is 22.3. The molecule has 0 aliphatic heterocycles. The van der Waals surface area contributed by atoms with Crippen LogP contribution in [0.1, 0.15) is 15.9 Å². The van der Waals surface area contributed by atoms with Crippen LogP contribution in [0.3, 0.4) is 0 Å². The first-order chi connectivity index (χ1) is 18.5. The number of fused-ring (bicyclic) bond motifs is 4. The number of carbonyl (C=O) groups excluding carboxylic acids is 1. The lowest BCUT2D eigenvalue weighted by atomic mass is 10.0. The van der Waals surface area contributed by atoms with Crippen molar-refractivity contribution in [2.24, 2.45) is 5.10 Å². The first kappa shape index (κ1) is 24.0. The third kappa shape index (κ3) is 4.46. The Morgan fingerprint density at radius 2 is 1.84 bits per heavy atom.